The summed E-state index contributed by atoms with van der Waals surface area (Å²) in [7, 11) is -6.08. The second kappa shape index (κ2) is 7.84. The van der Waals surface area contributed by atoms with Crippen LogP contribution in [0.5, 0.6) is 0 Å². The number of carbonyl (C=O) groups is 3. The van der Waals surface area contributed by atoms with Crippen molar-refractivity contribution in [3.63, 3.8) is 0 Å². The summed E-state index contributed by atoms with van der Waals surface area (Å²) in [6.07, 6.45) is -0.867. The van der Waals surface area contributed by atoms with E-state index in [0.29, 0.717) is 0 Å². The molecule has 6 unspecified atom stereocenters. The Kier molecular flexibility index (Phi) is 6.31. The van der Waals surface area contributed by atoms with Gasteiger partial charge in [0.2, 0.25) is 5.91 Å². The van der Waals surface area contributed by atoms with Crippen molar-refractivity contribution in [2.45, 2.75) is 68.6 Å². The Balaban J connectivity index is 0.00000363. The van der Waals surface area contributed by atoms with E-state index in [1.165, 1.54) is 16.7 Å². The summed E-state index contributed by atoms with van der Waals surface area (Å²) >= 11 is 1.25. The van der Waals surface area contributed by atoms with Crippen molar-refractivity contribution >= 4 is 39.7 Å². The number of carbonyl (C=O) groups excluding carboxylic acids is 3. The first-order chi connectivity index (χ1) is 14.0. The Bertz CT molecular complexity index is 907. The number of alkyl halides is 2. The van der Waals surface area contributed by atoms with Gasteiger partial charge in [-0.05, 0) is 34.6 Å². The molecule has 0 aromatic carbocycles. The Hall–Kier alpha value is -2.47. The zero-order valence-corrected chi connectivity index (χ0v) is 26.1. The van der Waals surface area contributed by atoms with Gasteiger partial charge in [-0.25, -0.2) is 17.2 Å². The number of rotatable bonds is 6. The Morgan fingerprint density at radius 2 is 1.78 bits per heavy atom. The number of likely N-dealkylation sites (tertiary alicyclic amines) is 1. The van der Waals surface area contributed by atoms with Gasteiger partial charge in [0.15, 0.2) is 0 Å². The first-order valence-electron chi connectivity index (χ1n) is 9.56. The first kappa shape index (κ1) is 25.8. The molecule has 178 valence electrons. The molecule has 3 heterocycles. The van der Waals surface area contributed by atoms with Gasteiger partial charge in [-0.2, -0.15) is 0 Å². The van der Waals surface area contributed by atoms with Crippen LogP contribution in [0.1, 0.15) is 34.6 Å². The van der Waals surface area contributed by atoms with Crippen molar-refractivity contribution in [1.29, 1.82) is 0 Å². The van der Waals surface area contributed by atoms with Crippen molar-refractivity contribution in [1.82, 2.24) is 4.90 Å². The number of hydrogen-bond acceptors (Lipinski definition) is 9. The molecule has 3 aliphatic heterocycles. The largest absolute Gasteiger partial charge is 0.746 e. The fraction of sp³-hybridized carbons (Fsp3) is 0.778. The molecule has 0 saturated carbocycles. The molecule has 0 N–H and O–H groups in total. The number of esters is 2. The fourth-order valence-corrected chi connectivity index (χ4v) is 6.48. The molecule has 3 saturated heterocycles. The van der Waals surface area contributed by atoms with Crippen LogP contribution in [0.15, 0.2) is 0 Å². The molecule has 3 fully saturated rings. The van der Waals surface area contributed by atoms with E-state index in [9.17, 15) is 36.1 Å². The molecule has 14 heteroatoms. The minimum Gasteiger partial charge on any atom is -0.746 e. The SMILES string of the molecule is CC(C)N1C(=O)C2C3SC(C(OC(=O)C(C)(C)C)C31)C2C(=O)O[CH-]C(F)(F)S(=O)(=O)[O-].[Rf]. The smallest absolute Gasteiger partial charge is 0.311 e. The van der Waals surface area contributed by atoms with E-state index < -0.39 is 73.8 Å². The molecule has 6 atom stereocenters. The second-order valence-electron chi connectivity index (χ2n) is 9.14. The van der Waals surface area contributed by atoms with E-state index >= 15 is 0 Å². The minimum absolute atomic E-state index is 0. The van der Waals surface area contributed by atoms with Crippen molar-refractivity contribution in [2.75, 3.05) is 0 Å². The van der Waals surface area contributed by atoms with Crippen LogP contribution in [-0.4, -0.2) is 69.7 Å². The Morgan fingerprint density at radius 3 is 2.25 bits per heavy atom. The predicted molar refractivity (Wildman–Crippen MR) is 102 cm³/mol. The maximum atomic E-state index is 13.4. The molecule has 0 aromatic rings. The second-order valence-corrected chi connectivity index (χ2v) is 12.0. The quantitative estimate of drug-likeness (QED) is 0.223. The van der Waals surface area contributed by atoms with Crippen molar-refractivity contribution in [2.24, 2.45) is 17.3 Å². The summed E-state index contributed by atoms with van der Waals surface area (Å²) in [6, 6.07) is -0.744. The van der Waals surface area contributed by atoms with Crippen LogP contribution in [0.3, 0.4) is 0 Å². The summed E-state index contributed by atoms with van der Waals surface area (Å²) in [5, 5.41) is -6.08. The molecule has 9 nitrogen and oxygen atoms in total. The number of fused-ring (bicyclic) bond motifs is 1. The normalized spacial score (nSPS) is 31.7. The third kappa shape index (κ3) is 3.90. The molecule has 3 aliphatic rings. The van der Waals surface area contributed by atoms with Gasteiger partial charge in [0.05, 0.1) is 28.5 Å². The third-order valence-electron chi connectivity index (χ3n) is 5.60. The molecular formula is C18H23F2NO8RfS2-2. The molecule has 1 amide bonds. The van der Waals surface area contributed by atoms with Crippen LogP contribution < -0.4 is 0 Å². The van der Waals surface area contributed by atoms with Crippen molar-refractivity contribution < 1.29 is 45.6 Å². The van der Waals surface area contributed by atoms with Crippen LogP contribution in [0, 0.1) is 23.9 Å². The third-order valence-corrected chi connectivity index (χ3v) is 8.12. The van der Waals surface area contributed by atoms with Crippen LogP contribution >= 0.6 is 11.8 Å². The maximum absolute atomic E-state index is 13.4. The number of amides is 1. The van der Waals surface area contributed by atoms with E-state index in [2.05, 4.69) is 4.74 Å². The minimum atomic E-state index is -6.08. The topological polar surface area (TPSA) is 130 Å². The van der Waals surface area contributed by atoms with Gasteiger partial charge < -0.3 is 18.9 Å². The van der Waals surface area contributed by atoms with Gasteiger partial charge in [0.1, 0.15) is 16.2 Å². The molecule has 0 radical (unpaired) electrons. The zero-order valence-electron chi connectivity index (χ0n) is 18.1. The fourth-order valence-electron chi connectivity index (χ4n) is 4.23. The van der Waals surface area contributed by atoms with Crippen LogP contribution in [-0.2, 0) is 34.0 Å². The summed E-state index contributed by atoms with van der Waals surface area (Å²) in [6.45, 7) is 7.84. The summed E-state index contributed by atoms with van der Waals surface area (Å²) in [4.78, 5) is 39.7. The molecular weight excluding hydrogens is 727 g/mol. The number of ether oxygens (including phenoxy) is 2. The van der Waals surface area contributed by atoms with Gasteiger partial charge in [0.25, 0.3) is 11.2 Å². The Morgan fingerprint density at radius 1 is 1.22 bits per heavy atom. The Labute approximate surface area is 182 Å². The van der Waals surface area contributed by atoms with Gasteiger partial charge in [-0.3, -0.25) is 14.4 Å². The molecule has 3 rings (SSSR count). The number of thioether (sulfide) groups is 1. The van der Waals surface area contributed by atoms with E-state index in [4.69, 9.17) is 4.74 Å². The number of nitrogens with zero attached hydrogens (tertiary/aromatic N) is 1. The number of hydrogen-bond donors (Lipinski definition) is 0. The molecule has 0 aliphatic carbocycles. The van der Waals surface area contributed by atoms with E-state index in [1.54, 1.807) is 34.6 Å². The standard InChI is InChI=1S/C18H24F2NO8S2.Rf/c1-7(2)21-10-11(29-16(24)17(3,4)5)13-9(8(14(21)22)12(10)30-13)15(23)28-6-18(19,20)31(25,26)27;/h6-13H,1-5H3,(H,25,26,27);/q-1;/p-1. The number of halogens is 2. The van der Waals surface area contributed by atoms with Gasteiger partial charge in [-0.1, -0.05) is 6.61 Å². The van der Waals surface area contributed by atoms with Gasteiger partial charge in [0, 0.05) is 11.3 Å². The van der Waals surface area contributed by atoms with Crippen LogP contribution in [0.2, 0.25) is 0 Å². The average Bonchev–Trinajstić information content (AvgIpc) is 3.20. The van der Waals surface area contributed by atoms with Gasteiger partial charge >= 0.3 is 5.97 Å². The van der Waals surface area contributed by atoms with Crippen LogP contribution in [0.4, 0.5) is 8.78 Å². The molecule has 2 bridgehead atoms. The van der Waals surface area contributed by atoms with E-state index in [0.717, 1.165) is 0 Å². The maximum Gasteiger partial charge on any atom is 0.311 e. The van der Waals surface area contributed by atoms with Crippen molar-refractivity contribution in [3.8, 4) is 0 Å². The molecule has 0 aromatic heterocycles. The molecule has 32 heavy (non-hydrogen) atoms. The first-order valence-corrected chi connectivity index (χ1v) is 11.9. The summed E-state index contributed by atoms with van der Waals surface area (Å²) in [5.41, 5.74) is -0.856. The molecule has 0 spiro atoms. The predicted octanol–water partition coefficient (Wildman–Crippen LogP) is 1.14. The van der Waals surface area contributed by atoms with Crippen molar-refractivity contribution in [3.05, 3.63) is 6.61 Å². The average molecular weight is 751 g/mol. The summed E-state index contributed by atoms with van der Waals surface area (Å²) < 4.78 is 68.7. The van der Waals surface area contributed by atoms with Gasteiger partial charge in [-0.15, -0.1) is 11.8 Å². The monoisotopic (exact) mass is 750 g/mol. The summed E-state index contributed by atoms with van der Waals surface area (Å²) in [5.74, 6) is -4.33. The van der Waals surface area contributed by atoms with E-state index in [-0.39, 0.29) is 11.9 Å². The van der Waals surface area contributed by atoms with E-state index in [1.807, 2.05) is 0 Å². The van der Waals surface area contributed by atoms with Crippen LogP contribution in [0.25, 0.3) is 0 Å². The zero-order chi connectivity index (χ0) is 23.7.